The molecule has 0 spiro atoms. The van der Waals surface area contributed by atoms with Gasteiger partial charge in [0, 0.05) is 12.4 Å². The molecule has 2 aromatic heterocycles. The molecule has 0 amide bonds. The van der Waals surface area contributed by atoms with Crippen molar-refractivity contribution in [1.29, 1.82) is 5.26 Å². The van der Waals surface area contributed by atoms with Crippen molar-refractivity contribution in [2.75, 3.05) is 0 Å². The second kappa shape index (κ2) is 6.42. The van der Waals surface area contributed by atoms with Gasteiger partial charge in [-0.3, -0.25) is 9.78 Å². The van der Waals surface area contributed by atoms with E-state index in [0.717, 1.165) is 0 Å². The molecule has 0 aliphatic heterocycles. The molecule has 1 aromatic carbocycles. The number of para-hydroxylation sites is 1. The van der Waals surface area contributed by atoms with Crippen molar-refractivity contribution in [3.63, 3.8) is 0 Å². The topological polar surface area (TPSA) is 71.6 Å². The maximum absolute atomic E-state index is 12.5. The van der Waals surface area contributed by atoms with Gasteiger partial charge in [-0.05, 0) is 30.3 Å². The van der Waals surface area contributed by atoms with Gasteiger partial charge in [-0.15, -0.1) is 0 Å². The molecule has 0 bridgehead atoms. The lowest BCUT2D eigenvalue weighted by Crippen LogP contribution is -2.13. The van der Waals surface area contributed by atoms with Crippen LogP contribution in [0.3, 0.4) is 0 Å². The number of nitriles is 1. The molecule has 112 valence electrons. The fourth-order valence-electron chi connectivity index (χ4n) is 2.18. The Balaban J connectivity index is 1.93. The van der Waals surface area contributed by atoms with Crippen LogP contribution in [0.25, 0.3) is 5.69 Å². The number of carbonyl (C=O) groups excluding carboxylic acids is 1. The zero-order chi connectivity index (χ0) is 16.2. The number of benzene rings is 1. The van der Waals surface area contributed by atoms with E-state index in [4.69, 9.17) is 11.6 Å². The van der Waals surface area contributed by atoms with Crippen LogP contribution in [0.5, 0.6) is 0 Å². The summed E-state index contributed by atoms with van der Waals surface area (Å²) in [5.74, 6) is -1.37. The highest BCUT2D eigenvalue weighted by Crippen LogP contribution is 2.21. The fourth-order valence-corrected chi connectivity index (χ4v) is 2.40. The van der Waals surface area contributed by atoms with Crippen LogP contribution in [-0.4, -0.2) is 20.5 Å². The van der Waals surface area contributed by atoms with Crippen LogP contribution in [-0.2, 0) is 0 Å². The lowest BCUT2D eigenvalue weighted by molar-refractivity contribution is 0.0972. The molecule has 23 heavy (non-hydrogen) atoms. The number of hydrogen-bond acceptors (Lipinski definition) is 4. The largest absolute Gasteiger partial charge is 0.290 e. The van der Waals surface area contributed by atoms with Crippen molar-refractivity contribution in [2.45, 2.75) is 5.92 Å². The zero-order valence-electron chi connectivity index (χ0n) is 11.9. The Kier molecular flexibility index (Phi) is 4.18. The van der Waals surface area contributed by atoms with E-state index >= 15 is 0 Å². The monoisotopic (exact) mass is 322 g/mol. The highest BCUT2D eigenvalue weighted by molar-refractivity contribution is 6.32. The summed E-state index contributed by atoms with van der Waals surface area (Å²) in [5.41, 5.74) is 1.27. The zero-order valence-corrected chi connectivity index (χ0v) is 12.7. The lowest BCUT2D eigenvalue weighted by atomic mass is 9.99. The predicted octanol–water partition coefficient (Wildman–Crippen LogP) is 3.41. The van der Waals surface area contributed by atoms with Crippen LogP contribution < -0.4 is 0 Å². The number of hydrogen-bond donors (Lipinski definition) is 0. The normalized spacial score (nSPS) is 11.7. The Labute approximate surface area is 137 Å². The number of rotatable bonds is 4. The molecular weight excluding hydrogens is 312 g/mol. The highest BCUT2D eigenvalue weighted by atomic mass is 35.5. The number of Topliss-reactive ketones (excluding diaryl/α,β-unsaturated/α-hetero) is 1. The van der Waals surface area contributed by atoms with Crippen molar-refractivity contribution < 1.29 is 4.79 Å². The van der Waals surface area contributed by atoms with Crippen LogP contribution in [0.2, 0.25) is 5.02 Å². The third-order valence-electron chi connectivity index (χ3n) is 3.32. The first-order chi connectivity index (χ1) is 11.2. The van der Waals surface area contributed by atoms with Gasteiger partial charge in [0.25, 0.3) is 0 Å². The smallest absolute Gasteiger partial charge is 0.206 e. The Hall–Kier alpha value is -2.97. The molecule has 6 heteroatoms. The van der Waals surface area contributed by atoms with Crippen molar-refractivity contribution >= 4 is 17.4 Å². The second-order valence-corrected chi connectivity index (χ2v) is 5.19. The van der Waals surface area contributed by atoms with Gasteiger partial charge in [-0.2, -0.15) is 10.4 Å². The minimum absolute atomic E-state index is 0.196. The van der Waals surface area contributed by atoms with Crippen LogP contribution in [0.4, 0.5) is 0 Å². The van der Waals surface area contributed by atoms with E-state index < -0.39 is 11.7 Å². The van der Waals surface area contributed by atoms with Gasteiger partial charge in [-0.25, -0.2) is 4.68 Å². The van der Waals surface area contributed by atoms with Gasteiger partial charge >= 0.3 is 0 Å². The summed E-state index contributed by atoms with van der Waals surface area (Å²) >= 11 is 6.13. The maximum atomic E-state index is 12.5. The van der Waals surface area contributed by atoms with Crippen molar-refractivity contribution in [3.05, 3.63) is 77.3 Å². The maximum Gasteiger partial charge on any atom is 0.206 e. The Morgan fingerprint density at radius 1 is 1.17 bits per heavy atom. The summed E-state index contributed by atoms with van der Waals surface area (Å²) in [6.07, 6.45) is 3.19. The van der Waals surface area contributed by atoms with Gasteiger partial charge in [0.15, 0.2) is 5.92 Å². The molecule has 2 heterocycles. The molecule has 0 N–H and O–H groups in total. The molecule has 0 unspecified atom stereocenters. The van der Waals surface area contributed by atoms with Gasteiger partial charge in [-0.1, -0.05) is 29.8 Å². The number of pyridine rings is 1. The molecule has 0 radical (unpaired) electrons. The first kappa shape index (κ1) is 14.9. The molecule has 5 nitrogen and oxygen atoms in total. The number of ketones is 1. The van der Waals surface area contributed by atoms with Gasteiger partial charge in [0.05, 0.1) is 22.5 Å². The van der Waals surface area contributed by atoms with E-state index in [2.05, 4.69) is 10.1 Å². The third kappa shape index (κ3) is 2.98. The quantitative estimate of drug-likeness (QED) is 0.690. The van der Waals surface area contributed by atoms with Crippen molar-refractivity contribution in [2.24, 2.45) is 0 Å². The number of nitrogens with zero attached hydrogens (tertiary/aromatic N) is 4. The molecule has 0 saturated carbocycles. The molecule has 1 atom stereocenters. The van der Waals surface area contributed by atoms with Crippen molar-refractivity contribution in [3.8, 4) is 11.8 Å². The molecule has 0 saturated heterocycles. The highest BCUT2D eigenvalue weighted by Gasteiger charge is 2.25. The number of halogens is 1. The van der Waals surface area contributed by atoms with Gasteiger partial charge < -0.3 is 0 Å². The van der Waals surface area contributed by atoms with Crippen LogP contribution in [0.15, 0.2) is 60.9 Å². The van der Waals surface area contributed by atoms with Crippen LogP contribution in [0, 0.1) is 11.3 Å². The van der Waals surface area contributed by atoms with E-state index in [1.54, 1.807) is 48.8 Å². The third-order valence-corrected chi connectivity index (χ3v) is 3.64. The Bertz CT molecular complexity index is 883. The van der Waals surface area contributed by atoms with E-state index in [1.807, 2.05) is 18.2 Å². The van der Waals surface area contributed by atoms with Gasteiger partial charge in [0.2, 0.25) is 5.78 Å². The standard InChI is InChI=1S/C17H11ClN4O/c18-13-5-1-2-7-16(13)22-10-8-15(21-22)17(23)12(11-19)14-6-3-4-9-20-14/h1-10,12H/t12-/m0/s1. The van der Waals surface area contributed by atoms with Gasteiger partial charge in [0.1, 0.15) is 5.69 Å². The van der Waals surface area contributed by atoms with Crippen molar-refractivity contribution in [1.82, 2.24) is 14.8 Å². The molecule has 3 rings (SSSR count). The average Bonchev–Trinajstić information content (AvgIpc) is 3.06. The SMILES string of the molecule is N#C[C@H](C(=O)c1ccn(-c2ccccc2Cl)n1)c1ccccn1. The number of aromatic nitrogens is 3. The Morgan fingerprint density at radius 3 is 2.65 bits per heavy atom. The lowest BCUT2D eigenvalue weighted by Gasteiger charge is -2.06. The van der Waals surface area contributed by atoms with E-state index in [9.17, 15) is 10.1 Å². The molecule has 0 aliphatic rings. The number of carbonyl (C=O) groups is 1. The summed E-state index contributed by atoms with van der Waals surface area (Å²) in [6, 6.07) is 15.9. The minimum atomic E-state index is -0.981. The predicted molar refractivity (Wildman–Crippen MR) is 85.5 cm³/mol. The molecule has 3 aromatic rings. The van der Waals surface area contributed by atoms with Crippen LogP contribution in [0.1, 0.15) is 22.1 Å². The summed E-state index contributed by atoms with van der Waals surface area (Å²) in [4.78, 5) is 16.6. The summed E-state index contributed by atoms with van der Waals surface area (Å²) < 4.78 is 1.52. The van der Waals surface area contributed by atoms with E-state index in [0.29, 0.717) is 16.4 Å². The molecular formula is C17H11ClN4O. The van der Waals surface area contributed by atoms with E-state index in [1.165, 1.54) is 4.68 Å². The summed E-state index contributed by atoms with van der Waals surface area (Å²) in [6.45, 7) is 0. The Morgan fingerprint density at radius 2 is 1.96 bits per heavy atom. The average molecular weight is 323 g/mol. The molecule has 0 aliphatic carbocycles. The van der Waals surface area contributed by atoms with E-state index in [-0.39, 0.29) is 5.69 Å². The molecule has 0 fully saturated rings. The first-order valence-corrected chi connectivity index (χ1v) is 7.24. The summed E-state index contributed by atoms with van der Waals surface area (Å²) in [5, 5.41) is 14.1. The van der Waals surface area contributed by atoms with Crippen LogP contribution >= 0.6 is 11.6 Å². The fraction of sp³-hybridized carbons (Fsp3) is 0.0588. The first-order valence-electron chi connectivity index (χ1n) is 6.86. The second-order valence-electron chi connectivity index (χ2n) is 4.78. The minimum Gasteiger partial charge on any atom is -0.290 e. The summed E-state index contributed by atoms with van der Waals surface area (Å²) in [7, 11) is 0.